The molecule has 0 fully saturated rings. The Morgan fingerprint density at radius 3 is 2.62 bits per heavy atom. The predicted octanol–water partition coefficient (Wildman–Crippen LogP) is 2.04. The SMILES string of the molecule is C[C@H](CCl)NC(=O)c1ccccc1. The molecule has 70 valence electrons. The summed E-state index contributed by atoms with van der Waals surface area (Å²) in [4.78, 5) is 11.4. The van der Waals surface area contributed by atoms with Crippen LogP contribution in [0.2, 0.25) is 0 Å². The monoisotopic (exact) mass is 197 g/mol. The van der Waals surface area contributed by atoms with Crippen LogP contribution in [0.25, 0.3) is 0 Å². The molecule has 0 aliphatic carbocycles. The number of amides is 1. The van der Waals surface area contributed by atoms with Gasteiger partial charge in [0.1, 0.15) is 0 Å². The molecule has 1 amide bonds. The highest BCUT2D eigenvalue weighted by Gasteiger charge is 2.07. The standard InChI is InChI=1S/C10H12ClNO/c1-8(7-11)12-10(13)9-5-3-2-4-6-9/h2-6,8H,7H2,1H3,(H,12,13)/t8-/m1/s1. The van der Waals surface area contributed by atoms with Gasteiger partial charge in [-0.15, -0.1) is 11.6 Å². The van der Waals surface area contributed by atoms with Crippen LogP contribution in [0.15, 0.2) is 30.3 Å². The van der Waals surface area contributed by atoms with Gasteiger partial charge in [-0.05, 0) is 19.1 Å². The average molecular weight is 198 g/mol. The minimum atomic E-state index is -0.0752. The maximum Gasteiger partial charge on any atom is 0.251 e. The molecule has 0 saturated carbocycles. The molecular weight excluding hydrogens is 186 g/mol. The molecule has 1 aromatic rings. The second-order valence-corrected chi connectivity index (χ2v) is 3.20. The molecule has 13 heavy (non-hydrogen) atoms. The highest BCUT2D eigenvalue weighted by molar-refractivity contribution is 6.18. The molecule has 0 saturated heterocycles. The van der Waals surface area contributed by atoms with Crippen molar-refractivity contribution < 1.29 is 4.79 Å². The van der Waals surface area contributed by atoms with Gasteiger partial charge >= 0.3 is 0 Å². The number of hydrogen-bond acceptors (Lipinski definition) is 1. The van der Waals surface area contributed by atoms with Crippen molar-refractivity contribution in [3.05, 3.63) is 35.9 Å². The first-order chi connectivity index (χ1) is 6.24. The maximum absolute atomic E-state index is 11.4. The van der Waals surface area contributed by atoms with E-state index in [4.69, 9.17) is 11.6 Å². The van der Waals surface area contributed by atoms with Gasteiger partial charge in [0.25, 0.3) is 5.91 Å². The Labute approximate surface area is 82.9 Å². The zero-order valence-electron chi connectivity index (χ0n) is 7.46. The largest absolute Gasteiger partial charge is 0.348 e. The van der Waals surface area contributed by atoms with E-state index < -0.39 is 0 Å². The summed E-state index contributed by atoms with van der Waals surface area (Å²) in [6.45, 7) is 1.87. The smallest absolute Gasteiger partial charge is 0.251 e. The quantitative estimate of drug-likeness (QED) is 0.739. The lowest BCUT2D eigenvalue weighted by atomic mass is 10.2. The molecular formula is C10H12ClNO. The Hall–Kier alpha value is -1.02. The number of rotatable bonds is 3. The molecule has 0 aliphatic heterocycles. The lowest BCUT2D eigenvalue weighted by Gasteiger charge is -2.09. The van der Waals surface area contributed by atoms with E-state index >= 15 is 0 Å². The van der Waals surface area contributed by atoms with E-state index in [9.17, 15) is 4.79 Å². The van der Waals surface area contributed by atoms with E-state index in [2.05, 4.69) is 5.32 Å². The fraction of sp³-hybridized carbons (Fsp3) is 0.300. The molecule has 0 unspecified atom stereocenters. The molecule has 0 spiro atoms. The summed E-state index contributed by atoms with van der Waals surface area (Å²) in [5.41, 5.74) is 0.666. The first kappa shape index (κ1) is 10.1. The van der Waals surface area contributed by atoms with Crippen LogP contribution in [0.3, 0.4) is 0 Å². The summed E-state index contributed by atoms with van der Waals surface area (Å²) in [5.74, 6) is 0.354. The third kappa shape index (κ3) is 3.07. The van der Waals surface area contributed by atoms with Gasteiger partial charge in [-0.25, -0.2) is 0 Å². The number of carbonyl (C=O) groups is 1. The van der Waals surface area contributed by atoms with Crippen LogP contribution in [0.4, 0.5) is 0 Å². The van der Waals surface area contributed by atoms with Crippen LogP contribution in [-0.4, -0.2) is 17.8 Å². The highest BCUT2D eigenvalue weighted by atomic mass is 35.5. The molecule has 1 N–H and O–H groups in total. The summed E-state index contributed by atoms with van der Waals surface area (Å²) >= 11 is 5.57. The van der Waals surface area contributed by atoms with E-state index in [1.165, 1.54) is 0 Å². The van der Waals surface area contributed by atoms with Crippen molar-refractivity contribution in [2.75, 3.05) is 5.88 Å². The number of halogens is 1. The fourth-order valence-corrected chi connectivity index (χ4v) is 1.01. The summed E-state index contributed by atoms with van der Waals surface area (Å²) in [6, 6.07) is 9.10. The second-order valence-electron chi connectivity index (χ2n) is 2.89. The van der Waals surface area contributed by atoms with Gasteiger partial charge in [0.05, 0.1) is 0 Å². The Kier molecular flexibility index (Phi) is 3.77. The van der Waals surface area contributed by atoms with E-state index in [-0.39, 0.29) is 11.9 Å². The molecule has 2 nitrogen and oxygen atoms in total. The van der Waals surface area contributed by atoms with Crippen LogP contribution in [0.1, 0.15) is 17.3 Å². The van der Waals surface area contributed by atoms with Crippen molar-refractivity contribution in [2.24, 2.45) is 0 Å². The summed E-state index contributed by atoms with van der Waals surface area (Å²) in [7, 11) is 0. The Morgan fingerprint density at radius 2 is 2.08 bits per heavy atom. The summed E-state index contributed by atoms with van der Waals surface area (Å²) in [6.07, 6.45) is 0. The van der Waals surface area contributed by atoms with Crippen molar-refractivity contribution >= 4 is 17.5 Å². The molecule has 0 radical (unpaired) electrons. The van der Waals surface area contributed by atoms with Crippen LogP contribution in [0, 0.1) is 0 Å². The van der Waals surface area contributed by atoms with Crippen LogP contribution in [-0.2, 0) is 0 Å². The van der Waals surface area contributed by atoms with Crippen molar-refractivity contribution in [3.63, 3.8) is 0 Å². The van der Waals surface area contributed by atoms with Gasteiger partial charge in [0.2, 0.25) is 0 Å². The van der Waals surface area contributed by atoms with E-state index in [1.54, 1.807) is 12.1 Å². The topological polar surface area (TPSA) is 29.1 Å². The van der Waals surface area contributed by atoms with Crippen molar-refractivity contribution in [1.29, 1.82) is 0 Å². The second kappa shape index (κ2) is 4.87. The Morgan fingerprint density at radius 1 is 1.46 bits per heavy atom. The average Bonchev–Trinajstić information content (AvgIpc) is 2.19. The van der Waals surface area contributed by atoms with Crippen LogP contribution in [0.5, 0.6) is 0 Å². The molecule has 1 aromatic carbocycles. The zero-order valence-corrected chi connectivity index (χ0v) is 8.21. The molecule has 0 bridgehead atoms. The van der Waals surface area contributed by atoms with Gasteiger partial charge in [-0.3, -0.25) is 4.79 Å². The maximum atomic E-state index is 11.4. The normalized spacial score (nSPS) is 12.2. The predicted molar refractivity (Wildman–Crippen MR) is 54.1 cm³/mol. The third-order valence-electron chi connectivity index (χ3n) is 1.64. The minimum Gasteiger partial charge on any atom is -0.348 e. The number of carbonyl (C=O) groups excluding carboxylic acids is 1. The van der Waals surface area contributed by atoms with Gasteiger partial charge in [0.15, 0.2) is 0 Å². The lowest BCUT2D eigenvalue weighted by Crippen LogP contribution is -2.33. The van der Waals surface area contributed by atoms with E-state index in [1.807, 2.05) is 25.1 Å². The first-order valence-electron chi connectivity index (χ1n) is 4.16. The Balaban J connectivity index is 2.59. The Bertz CT molecular complexity index is 274. The molecule has 3 heteroatoms. The molecule has 0 heterocycles. The molecule has 0 aromatic heterocycles. The minimum absolute atomic E-state index is 0.00868. The number of alkyl halides is 1. The van der Waals surface area contributed by atoms with E-state index in [0.717, 1.165) is 0 Å². The van der Waals surface area contributed by atoms with Crippen molar-refractivity contribution in [1.82, 2.24) is 5.32 Å². The fourth-order valence-electron chi connectivity index (χ4n) is 0.935. The summed E-state index contributed by atoms with van der Waals surface area (Å²) in [5, 5.41) is 2.77. The van der Waals surface area contributed by atoms with Gasteiger partial charge in [-0.2, -0.15) is 0 Å². The number of benzene rings is 1. The number of nitrogens with one attached hydrogen (secondary N) is 1. The first-order valence-corrected chi connectivity index (χ1v) is 4.69. The van der Waals surface area contributed by atoms with Gasteiger partial charge in [-0.1, -0.05) is 18.2 Å². The number of hydrogen-bond donors (Lipinski definition) is 1. The van der Waals surface area contributed by atoms with E-state index in [0.29, 0.717) is 11.4 Å². The highest BCUT2D eigenvalue weighted by Crippen LogP contribution is 1.98. The summed E-state index contributed by atoms with van der Waals surface area (Å²) < 4.78 is 0. The van der Waals surface area contributed by atoms with Crippen LogP contribution < -0.4 is 5.32 Å². The van der Waals surface area contributed by atoms with Gasteiger partial charge in [0, 0.05) is 17.5 Å². The molecule has 1 rings (SSSR count). The molecule has 0 aliphatic rings. The zero-order chi connectivity index (χ0) is 9.68. The van der Waals surface area contributed by atoms with Gasteiger partial charge < -0.3 is 5.32 Å². The van der Waals surface area contributed by atoms with Crippen LogP contribution >= 0.6 is 11.6 Å². The third-order valence-corrected chi connectivity index (χ3v) is 2.11. The van der Waals surface area contributed by atoms with Crippen molar-refractivity contribution in [2.45, 2.75) is 13.0 Å². The van der Waals surface area contributed by atoms with Crippen molar-refractivity contribution in [3.8, 4) is 0 Å². The lowest BCUT2D eigenvalue weighted by molar-refractivity contribution is 0.0943. The molecule has 1 atom stereocenters.